The SMILES string of the molecule is Cc1cc(N(CCCN)C2CCCCC2)ncn1. The third-order valence-corrected chi connectivity index (χ3v) is 3.70. The monoisotopic (exact) mass is 248 g/mol. The summed E-state index contributed by atoms with van der Waals surface area (Å²) in [5.74, 6) is 1.07. The van der Waals surface area contributed by atoms with Crippen molar-refractivity contribution in [3.8, 4) is 0 Å². The Labute approximate surface area is 110 Å². The summed E-state index contributed by atoms with van der Waals surface area (Å²) in [6.45, 7) is 3.78. The molecule has 4 nitrogen and oxygen atoms in total. The molecule has 1 aromatic rings. The Kier molecular flexibility index (Phi) is 4.93. The van der Waals surface area contributed by atoms with E-state index in [0.717, 1.165) is 31.0 Å². The lowest BCUT2D eigenvalue weighted by Crippen LogP contribution is -2.38. The first kappa shape index (κ1) is 13.3. The standard InChI is InChI=1S/C14H24N4/c1-12-10-14(17-11-16-12)18(9-5-8-15)13-6-3-2-4-7-13/h10-11,13H,2-9,15H2,1H3. The normalized spacial score (nSPS) is 16.8. The highest BCUT2D eigenvalue weighted by Gasteiger charge is 2.21. The Morgan fingerprint density at radius 2 is 2.06 bits per heavy atom. The van der Waals surface area contributed by atoms with Gasteiger partial charge in [0.05, 0.1) is 0 Å². The van der Waals surface area contributed by atoms with Crippen molar-refractivity contribution in [2.75, 3.05) is 18.0 Å². The molecule has 1 heterocycles. The molecular weight excluding hydrogens is 224 g/mol. The summed E-state index contributed by atoms with van der Waals surface area (Å²) in [6.07, 6.45) is 9.33. The number of hydrogen-bond acceptors (Lipinski definition) is 4. The topological polar surface area (TPSA) is 55.0 Å². The number of rotatable bonds is 5. The molecule has 0 unspecified atom stereocenters. The van der Waals surface area contributed by atoms with Crippen molar-refractivity contribution in [2.45, 2.75) is 51.5 Å². The predicted octanol–water partition coefficient (Wildman–Crippen LogP) is 2.27. The molecule has 2 rings (SSSR count). The molecule has 1 aromatic heterocycles. The molecule has 0 saturated heterocycles. The van der Waals surface area contributed by atoms with E-state index < -0.39 is 0 Å². The van der Waals surface area contributed by atoms with Crippen LogP contribution in [0, 0.1) is 6.92 Å². The highest BCUT2D eigenvalue weighted by molar-refractivity contribution is 5.40. The maximum Gasteiger partial charge on any atom is 0.132 e. The Morgan fingerprint density at radius 3 is 2.72 bits per heavy atom. The first-order valence-electron chi connectivity index (χ1n) is 7.06. The summed E-state index contributed by atoms with van der Waals surface area (Å²) in [6, 6.07) is 2.73. The fourth-order valence-electron chi connectivity index (χ4n) is 2.74. The van der Waals surface area contributed by atoms with E-state index in [1.807, 2.05) is 6.92 Å². The second kappa shape index (κ2) is 6.69. The lowest BCUT2D eigenvalue weighted by atomic mass is 9.94. The zero-order valence-electron chi connectivity index (χ0n) is 11.3. The van der Waals surface area contributed by atoms with E-state index in [1.54, 1.807) is 6.33 Å². The fourth-order valence-corrected chi connectivity index (χ4v) is 2.74. The van der Waals surface area contributed by atoms with E-state index in [-0.39, 0.29) is 0 Å². The van der Waals surface area contributed by atoms with Gasteiger partial charge in [-0.25, -0.2) is 9.97 Å². The van der Waals surface area contributed by atoms with Gasteiger partial charge in [0.1, 0.15) is 12.1 Å². The molecule has 0 aliphatic heterocycles. The van der Waals surface area contributed by atoms with E-state index >= 15 is 0 Å². The second-order valence-electron chi connectivity index (χ2n) is 5.15. The molecule has 18 heavy (non-hydrogen) atoms. The summed E-state index contributed by atoms with van der Waals surface area (Å²) in [5.41, 5.74) is 6.69. The van der Waals surface area contributed by atoms with Crippen LogP contribution in [-0.2, 0) is 0 Å². The summed E-state index contributed by atoms with van der Waals surface area (Å²) < 4.78 is 0. The van der Waals surface area contributed by atoms with Gasteiger partial charge in [-0.1, -0.05) is 19.3 Å². The first-order valence-corrected chi connectivity index (χ1v) is 7.06. The van der Waals surface area contributed by atoms with E-state index in [9.17, 15) is 0 Å². The molecular formula is C14H24N4. The van der Waals surface area contributed by atoms with Crippen LogP contribution in [0.2, 0.25) is 0 Å². The minimum Gasteiger partial charge on any atom is -0.353 e. The van der Waals surface area contributed by atoms with Crippen LogP contribution >= 0.6 is 0 Å². The fraction of sp³-hybridized carbons (Fsp3) is 0.714. The van der Waals surface area contributed by atoms with Crippen LogP contribution in [0.25, 0.3) is 0 Å². The summed E-state index contributed by atoms with van der Waals surface area (Å²) >= 11 is 0. The van der Waals surface area contributed by atoms with Gasteiger partial charge in [-0.15, -0.1) is 0 Å². The van der Waals surface area contributed by atoms with Gasteiger partial charge < -0.3 is 10.6 Å². The zero-order chi connectivity index (χ0) is 12.8. The molecule has 100 valence electrons. The molecule has 0 atom stereocenters. The summed E-state index contributed by atoms with van der Waals surface area (Å²) in [4.78, 5) is 11.1. The van der Waals surface area contributed by atoms with E-state index in [2.05, 4.69) is 20.9 Å². The molecule has 1 saturated carbocycles. The molecule has 1 fully saturated rings. The summed E-state index contributed by atoms with van der Waals surface area (Å²) in [5, 5.41) is 0. The van der Waals surface area contributed by atoms with Crippen LogP contribution in [0.3, 0.4) is 0 Å². The lowest BCUT2D eigenvalue weighted by Gasteiger charge is -2.35. The van der Waals surface area contributed by atoms with Crippen LogP contribution < -0.4 is 10.6 Å². The van der Waals surface area contributed by atoms with Crippen molar-refractivity contribution < 1.29 is 0 Å². The van der Waals surface area contributed by atoms with E-state index in [0.29, 0.717) is 6.04 Å². The Hall–Kier alpha value is -1.16. The van der Waals surface area contributed by atoms with Gasteiger partial charge in [0.15, 0.2) is 0 Å². The van der Waals surface area contributed by atoms with Gasteiger partial charge >= 0.3 is 0 Å². The molecule has 4 heteroatoms. The Balaban J connectivity index is 2.12. The van der Waals surface area contributed by atoms with E-state index in [4.69, 9.17) is 5.73 Å². The number of aryl methyl sites for hydroxylation is 1. The van der Waals surface area contributed by atoms with Gasteiger partial charge in [0.25, 0.3) is 0 Å². The predicted molar refractivity (Wildman–Crippen MR) is 74.7 cm³/mol. The number of nitrogens with zero attached hydrogens (tertiary/aromatic N) is 3. The van der Waals surface area contributed by atoms with Crippen molar-refractivity contribution in [3.05, 3.63) is 18.1 Å². The average molecular weight is 248 g/mol. The van der Waals surface area contributed by atoms with Crippen molar-refractivity contribution in [1.82, 2.24) is 9.97 Å². The van der Waals surface area contributed by atoms with Gasteiger partial charge in [-0.05, 0) is 32.7 Å². The molecule has 0 spiro atoms. The second-order valence-corrected chi connectivity index (χ2v) is 5.15. The van der Waals surface area contributed by atoms with Crippen molar-refractivity contribution >= 4 is 5.82 Å². The van der Waals surface area contributed by atoms with Crippen LogP contribution in [-0.4, -0.2) is 29.1 Å². The third-order valence-electron chi connectivity index (χ3n) is 3.70. The minimum absolute atomic E-state index is 0.639. The quantitative estimate of drug-likeness (QED) is 0.868. The first-order chi connectivity index (χ1) is 8.81. The minimum atomic E-state index is 0.639. The maximum absolute atomic E-state index is 5.65. The smallest absolute Gasteiger partial charge is 0.132 e. The molecule has 1 aliphatic rings. The molecule has 0 aromatic carbocycles. The molecule has 2 N–H and O–H groups in total. The Morgan fingerprint density at radius 1 is 1.28 bits per heavy atom. The molecule has 0 bridgehead atoms. The highest BCUT2D eigenvalue weighted by Crippen LogP contribution is 2.26. The van der Waals surface area contributed by atoms with Crippen LogP contribution in [0.1, 0.15) is 44.2 Å². The van der Waals surface area contributed by atoms with Gasteiger partial charge in [0.2, 0.25) is 0 Å². The lowest BCUT2D eigenvalue weighted by molar-refractivity contribution is 0.411. The third kappa shape index (κ3) is 3.42. The molecule has 1 aliphatic carbocycles. The zero-order valence-corrected chi connectivity index (χ0v) is 11.3. The van der Waals surface area contributed by atoms with Crippen LogP contribution in [0.15, 0.2) is 12.4 Å². The number of nitrogens with two attached hydrogens (primary N) is 1. The van der Waals surface area contributed by atoms with Crippen molar-refractivity contribution in [1.29, 1.82) is 0 Å². The van der Waals surface area contributed by atoms with Crippen LogP contribution in [0.5, 0.6) is 0 Å². The van der Waals surface area contributed by atoms with Crippen molar-refractivity contribution in [2.24, 2.45) is 5.73 Å². The van der Waals surface area contributed by atoms with Crippen molar-refractivity contribution in [3.63, 3.8) is 0 Å². The Bertz CT molecular complexity index is 361. The van der Waals surface area contributed by atoms with Gasteiger partial charge in [0, 0.05) is 24.3 Å². The van der Waals surface area contributed by atoms with Crippen LogP contribution in [0.4, 0.5) is 5.82 Å². The summed E-state index contributed by atoms with van der Waals surface area (Å²) in [7, 11) is 0. The van der Waals surface area contributed by atoms with E-state index in [1.165, 1.54) is 32.1 Å². The largest absolute Gasteiger partial charge is 0.353 e. The van der Waals surface area contributed by atoms with Gasteiger partial charge in [-0.3, -0.25) is 0 Å². The van der Waals surface area contributed by atoms with Gasteiger partial charge in [-0.2, -0.15) is 0 Å². The number of hydrogen-bond donors (Lipinski definition) is 1. The molecule has 0 amide bonds. The molecule has 0 radical (unpaired) electrons. The number of anilines is 1. The average Bonchev–Trinajstić information content (AvgIpc) is 2.40. The number of aromatic nitrogens is 2. The maximum atomic E-state index is 5.65. The highest BCUT2D eigenvalue weighted by atomic mass is 15.2.